The minimum absolute atomic E-state index is 0.0611. The van der Waals surface area contributed by atoms with E-state index in [0.717, 1.165) is 5.56 Å². The third-order valence-corrected chi connectivity index (χ3v) is 4.89. The van der Waals surface area contributed by atoms with Gasteiger partial charge in [0.15, 0.2) is 0 Å². The summed E-state index contributed by atoms with van der Waals surface area (Å²) < 4.78 is 32.0. The second-order valence-electron chi connectivity index (χ2n) is 4.89. The molecular weight excluding hydrogens is 274 g/mol. The molecule has 0 spiro atoms. The number of hydrogen-bond donors (Lipinski definition) is 0. The van der Waals surface area contributed by atoms with Crippen molar-refractivity contribution in [2.45, 2.75) is 51.7 Å². The molecule has 1 aromatic rings. The summed E-state index contributed by atoms with van der Waals surface area (Å²) in [5, 5.41) is 0. The lowest BCUT2D eigenvalue weighted by Crippen LogP contribution is -2.48. The van der Waals surface area contributed by atoms with Gasteiger partial charge in [-0.2, -0.15) is 4.31 Å². The summed E-state index contributed by atoms with van der Waals surface area (Å²) in [7, 11) is -3.39. The summed E-state index contributed by atoms with van der Waals surface area (Å²) in [6, 6.07) is 6.96. The van der Waals surface area contributed by atoms with Gasteiger partial charge in [0.1, 0.15) is 0 Å². The van der Waals surface area contributed by atoms with Crippen LogP contribution in [0.5, 0.6) is 0 Å². The zero-order chi connectivity index (χ0) is 15.3. The highest BCUT2D eigenvalue weighted by Crippen LogP contribution is 2.21. The predicted octanol–water partition coefficient (Wildman–Crippen LogP) is 2.82. The largest absolute Gasteiger partial charge is 0.373 e. The first-order chi connectivity index (χ1) is 9.39. The highest BCUT2D eigenvalue weighted by molar-refractivity contribution is 7.89. The standard InChI is InChI=1S/C13H19NO3S.C2H6/c1-10-4-6-13(7-5-10)18(15,16)14-8-11(2)17-12(3)9-14;1-2/h4-7,11-12H,8-9H2,1-3H3;1-2H3. The van der Waals surface area contributed by atoms with Crippen LogP contribution in [0.1, 0.15) is 33.3 Å². The Morgan fingerprint density at radius 2 is 1.50 bits per heavy atom. The Morgan fingerprint density at radius 3 is 1.95 bits per heavy atom. The molecule has 0 bridgehead atoms. The smallest absolute Gasteiger partial charge is 0.243 e. The summed E-state index contributed by atoms with van der Waals surface area (Å²) in [6.07, 6.45) is -0.122. The summed E-state index contributed by atoms with van der Waals surface area (Å²) in [5.74, 6) is 0. The number of benzene rings is 1. The van der Waals surface area contributed by atoms with Crippen molar-refractivity contribution in [3.05, 3.63) is 29.8 Å². The van der Waals surface area contributed by atoms with Crippen LogP contribution < -0.4 is 0 Å². The summed E-state index contributed by atoms with van der Waals surface area (Å²) >= 11 is 0. The van der Waals surface area contributed by atoms with E-state index in [-0.39, 0.29) is 12.2 Å². The highest BCUT2D eigenvalue weighted by atomic mass is 32.2. The molecule has 1 aliphatic rings. The number of aryl methyl sites for hydroxylation is 1. The van der Waals surface area contributed by atoms with Crippen LogP contribution in [0.2, 0.25) is 0 Å². The van der Waals surface area contributed by atoms with E-state index in [9.17, 15) is 8.42 Å². The van der Waals surface area contributed by atoms with Crippen molar-refractivity contribution in [1.29, 1.82) is 0 Å². The molecule has 1 aromatic carbocycles. The molecular formula is C15H25NO3S. The molecule has 0 N–H and O–H groups in total. The van der Waals surface area contributed by atoms with Gasteiger partial charge in [-0.05, 0) is 32.9 Å². The van der Waals surface area contributed by atoms with Gasteiger partial charge in [0, 0.05) is 13.1 Å². The minimum Gasteiger partial charge on any atom is -0.373 e. The van der Waals surface area contributed by atoms with Gasteiger partial charge in [-0.15, -0.1) is 0 Å². The molecule has 2 unspecified atom stereocenters. The van der Waals surface area contributed by atoms with Gasteiger partial charge in [0.25, 0.3) is 0 Å². The van der Waals surface area contributed by atoms with Crippen LogP contribution in [0.15, 0.2) is 29.2 Å². The van der Waals surface area contributed by atoms with E-state index in [0.29, 0.717) is 18.0 Å². The molecule has 0 amide bonds. The van der Waals surface area contributed by atoms with E-state index in [1.54, 1.807) is 12.1 Å². The van der Waals surface area contributed by atoms with Crippen molar-refractivity contribution in [3.8, 4) is 0 Å². The van der Waals surface area contributed by atoms with Crippen molar-refractivity contribution in [3.63, 3.8) is 0 Å². The van der Waals surface area contributed by atoms with Crippen molar-refractivity contribution in [2.75, 3.05) is 13.1 Å². The number of sulfonamides is 1. The van der Waals surface area contributed by atoms with Gasteiger partial charge in [-0.1, -0.05) is 31.5 Å². The van der Waals surface area contributed by atoms with Crippen LogP contribution in [0.3, 0.4) is 0 Å². The van der Waals surface area contributed by atoms with Crippen molar-refractivity contribution in [1.82, 2.24) is 4.31 Å². The van der Waals surface area contributed by atoms with Crippen LogP contribution in [0.25, 0.3) is 0 Å². The van der Waals surface area contributed by atoms with Crippen LogP contribution in [-0.2, 0) is 14.8 Å². The van der Waals surface area contributed by atoms with Crippen LogP contribution in [-0.4, -0.2) is 38.0 Å². The van der Waals surface area contributed by atoms with E-state index < -0.39 is 10.0 Å². The number of morpholine rings is 1. The molecule has 114 valence electrons. The van der Waals surface area contributed by atoms with Gasteiger partial charge in [-0.3, -0.25) is 0 Å². The number of hydrogen-bond acceptors (Lipinski definition) is 3. The van der Waals surface area contributed by atoms with Crippen molar-refractivity contribution >= 4 is 10.0 Å². The number of ether oxygens (including phenoxy) is 1. The Balaban J connectivity index is 0.000000956. The fraction of sp³-hybridized carbons (Fsp3) is 0.600. The quantitative estimate of drug-likeness (QED) is 0.843. The maximum Gasteiger partial charge on any atom is 0.243 e. The first-order valence-corrected chi connectivity index (χ1v) is 8.56. The van der Waals surface area contributed by atoms with Crippen LogP contribution >= 0.6 is 0 Å². The normalized spacial score (nSPS) is 23.9. The first kappa shape index (κ1) is 17.1. The topological polar surface area (TPSA) is 46.6 Å². The van der Waals surface area contributed by atoms with Gasteiger partial charge in [-0.25, -0.2) is 8.42 Å². The molecule has 0 saturated carbocycles. The summed E-state index contributed by atoms with van der Waals surface area (Å²) in [6.45, 7) is 10.6. The molecule has 5 heteroatoms. The second kappa shape index (κ2) is 7.20. The maximum atomic E-state index is 12.5. The lowest BCUT2D eigenvalue weighted by atomic mass is 10.2. The van der Waals surface area contributed by atoms with E-state index in [2.05, 4.69) is 0 Å². The summed E-state index contributed by atoms with van der Waals surface area (Å²) in [4.78, 5) is 0.356. The lowest BCUT2D eigenvalue weighted by Gasteiger charge is -2.34. The van der Waals surface area contributed by atoms with Gasteiger partial charge in [0.2, 0.25) is 10.0 Å². The van der Waals surface area contributed by atoms with Crippen LogP contribution in [0, 0.1) is 6.92 Å². The molecule has 20 heavy (non-hydrogen) atoms. The number of nitrogens with zero attached hydrogens (tertiary/aromatic N) is 1. The average molecular weight is 299 g/mol. The Kier molecular flexibility index (Phi) is 6.17. The predicted molar refractivity (Wildman–Crippen MR) is 81.3 cm³/mol. The molecule has 0 aromatic heterocycles. The molecule has 2 atom stereocenters. The first-order valence-electron chi connectivity index (χ1n) is 7.12. The Bertz CT molecular complexity index is 500. The highest BCUT2D eigenvalue weighted by Gasteiger charge is 2.31. The van der Waals surface area contributed by atoms with E-state index >= 15 is 0 Å². The molecule has 1 heterocycles. The fourth-order valence-corrected chi connectivity index (χ4v) is 3.78. The monoisotopic (exact) mass is 299 g/mol. The maximum absolute atomic E-state index is 12.5. The Labute approximate surface area is 122 Å². The van der Waals surface area contributed by atoms with Crippen molar-refractivity contribution < 1.29 is 13.2 Å². The van der Waals surface area contributed by atoms with E-state index in [1.807, 2.05) is 46.8 Å². The third-order valence-electron chi connectivity index (χ3n) is 3.04. The molecule has 0 aliphatic carbocycles. The zero-order valence-corrected chi connectivity index (χ0v) is 13.8. The molecule has 2 rings (SSSR count). The van der Waals surface area contributed by atoms with Crippen molar-refractivity contribution in [2.24, 2.45) is 0 Å². The van der Waals surface area contributed by atoms with E-state index in [1.165, 1.54) is 4.31 Å². The summed E-state index contributed by atoms with van der Waals surface area (Å²) in [5.41, 5.74) is 1.05. The fourth-order valence-electron chi connectivity index (χ4n) is 2.19. The molecule has 1 fully saturated rings. The minimum atomic E-state index is -3.39. The molecule has 1 saturated heterocycles. The zero-order valence-electron chi connectivity index (χ0n) is 13.0. The molecule has 1 aliphatic heterocycles. The van der Waals surface area contributed by atoms with Gasteiger partial charge < -0.3 is 4.74 Å². The molecule has 0 radical (unpaired) electrons. The lowest BCUT2D eigenvalue weighted by molar-refractivity contribution is -0.0440. The Morgan fingerprint density at radius 1 is 1.05 bits per heavy atom. The van der Waals surface area contributed by atoms with Gasteiger partial charge >= 0.3 is 0 Å². The van der Waals surface area contributed by atoms with Gasteiger partial charge in [0.05, 0.1) is 17.1 Å². The van der Waals surface area contributed by atoms with E-state index in [4.69, 9.17) is 4.74 Å². The SMILES string of the molecule is CC.Cc1ccc(S(=O)(=O)N2CC(C)OC(C)C2)cc1. The average Bonchev–Trinajstić information content (AvgIpc) is 2.40. The van der Waals surface area contributed by atoms with Crippen LogP contribution in [0.4, 0.5) is 0 Å². The second-order valence-corrected chi connectivity index (χ2v) is 6.83. The Hall–Kier alpha value is -0.910. The molecule has 4 nitrogen and oxygen atoms in total. The number of rotatable bonds is 2. The third kappa shape index (κ3) is 4.04.